The summed E-state index contributed by atoms with van der Waals surface area (Å²) in [6, 6.07) is 3.12. The topological polar surface area (TPSA) is 55.1 Å². The highest BCUT2D eigenvalue weighted by atomic mass is 35.5. The molecule has 0 aliphatic rings. The molecule has 0 aliphatic heterocycles. The summed E-state index contributed by atoms with van der Waals surface area (Å²) >= 11 is 5.79. The van der Waals surface area contributed by atoms with Crippen molar-refractivity contribution >= 4 is 29.3 Å². The van der Waals surface area contributed by atoms with E-state index in [9.17, 15) is 9.18 Å². The maximum atomic E-state index is 13.3. The fourth-order valence-corrected chi connectivity index (χ4v) is 1.48. The summed E-state index contributed by atoms with van der Waals surface area (Å²) in [6.07, 6.45) is 4.17. The SMILES string of the molecule is CC(=O)NCCC=Cc1ccc(N)c(F)c1Cl. The number of carbonyl (C=O) groups excluding carboxylic acids is 1. The molecule has 0 aromatic heterocycles. The smallest absolute Gasteiger partial charge is 0.216 e. The van der Waals surface area contributed by atoms with E-state index >= 15 is 0 Å². The molecule has 1 amide bonds. The number of amides is 1. The lowest BCUT2D eigenvalue weighted by molar-refractivity contribution is -0.118. The number of hydrogen-bond donors (Lipinski definition) is 2. The van der Waals surface area contributed by atoms with Crippen molar-refractivity contribution in [3.63, 3.8) is 0 Å². The Morgan fingerprint density at radius 2 is 2.29 bits per heavy atom. The van der Waals surface area contributed by atoms with Crippen LogP contribution in [-0.2, 0) is 4.79 Å². The zero-order valence-electron chi connectivity index (χ0n) is 9.47. The Morgan fingerprint density at radius 3 is 2.94 bits per heavy atom. The van der Waals surface area contributed by atoms with Crippen molar-refractivity contribution in [2.45, 2.75) is 13.3 Å². The van der Waals surface area contributed by atoms with Gasteiger partial charge in [-0.3, -0.25) is 4.79 Å². The Morgan fingerprint density at radius 1 is 1.59 bits per heavy atom. The molecule has 0 spiro atoms. The number of hydrogen-bond acceptors (Lipinski definition) is 2. The highest BCUT2D eigenvalue weighted by Crippen LogP contribution is 2.25. The largest absolute Gasteiger partial charge is 0.396 e. The van der Waals surface area contributed by atoms with E-state index in [2.05, 4.69) is 5.32 Å². The van der Waals surface area contributed by atoms with E-state index in [1.807, 2.05) is 6.08 Å². The van der Waals surface area contributed by atoms with Gasteiger partial charge in [0.25, 0.3) is 0 Å². The first-order chi connectivity index (χ1) is 8.02. The lowest BCUT2D eigenvalue weighted by Gasteiger charge is -2.02. The first-order valence-corrected chi connectivity index (χ1v) is 5.54. The van der Waals surface area contributed by atoms with E-state index in [0.717, 1.165) is 0 Å². The van der Waals surface area contributed by atoms with Crippen molar-refractivity contribution < 1.29 is 9.18 Å². The van der Waals surface area contributed by atoms with Crippen molar-refractivity contribution in [2.75, 3.05) is 12.3 Å². The van der Waals surface area contributed by atoms with E-state index < -0.39 is 5.82 Å². The molecule has 0 bridgehead atoms. The Labute approximate surface area is 104 Å². The van der Waals surface area contributed by atoms with Crippen LogP contribution in [-0.4, -0.2) is 12.5 Å². The molecule has 5 heteroatoms. The monoisotopic (exact) mass is 256 g/mol. The molecule has 3 nitrogen and oxygen atoms in total. The van der Waals surface area contributed by atoms with E-state index in [1.54, 1.807) is 12.1 Å². The van der Waals surface area contributed by atoms with Crippen LogP contribution in [0.3, 0.4) is 0 Å². The molecule has 0 aliphatic carbocycles. The van der Waals surface area contributed by atoms with E-state index in [4.69, 9.17) is 17.3 Å². The van der Waals surface area contributed by atoms with Gasteiger partial charge >= 0.3 is 0 Å². The fraction of sp³-hybridized carbons (Fsp3) is 0.250. The summed E-state index contributed by atoms with van der Waals surface area (Å²) < 4.78 is 13.3. The number of rotatable bonds is 4. The second kappa shape index (κ2) is 6.25. The normalized spacial score (nSPS) is 10.8. The number of halogens is 2. The van der Waals surface area contributed by atoms with Crippen molar-refractivity contribution in [3.8, 4) is 0 Å². The standard InChI is InChI=1S/C12H14ClFN2O/c1-8(17)16-7-3-2-4-9-5-6-10(15)12(14)11(9)13/h2,4-6H,3,7,15H2,1H3,(H,16,17). The summed E-state index contributed by atoms with van der Waals surface area (Å²) in [7, 11) is 0. The molecule has 0 saturated heterocycles. The van der Waals surface area contributed by atoms with E-state index in [-0.39, 0.29) is 16.6 Å². The third-order valence-corrected chi connectivity index (χ3v) is 2.51. The van der Waals surface area contributed by atoms with Gasteiger partial charge in [-0.05, 0) is 18.1 Å². The zero-order valence-corrected chi connectivity index (χ0v) is 10.2. The first-order valence-electron chi connectivity index (χ1n) is 5.17. The number of anilines is 1. The lowest BCUT2D eigenvalue weighted by Crippen LogP contribution is -2.20. The van der Waals surface area contributed by atoms with Gasteiger partial charge in [0.15, 0.2) is 5.82 Å². The molecule has 1 aromatic rings. The minimum atomic E-state index is -0.601. The van der Waals surface area contributed by atoms with Crippen LogP contribution in [0.1, 0.15) is 18.9 Å². The molecule has 17 heavy (non-hydrogen) atoms. The predicted octanol–water partition coefficient (Wildman–Crippen LogP) is 2.60. The van der Waals surface area contributed by atoms with Gasteiger partial charge in [0, 0.05) is 13.5 Å². The van der Waals surface area contributed by atoms with Crippen LogP contribution >= 0.6 is 11.6 Å². The van der Waals surface area contributed by atoms with Crippen LogP contribution in [0.25, 0.3) is 6.08 Å². The molecular weight excluding hydrogens is 243 g/mol. The number of benzene rings is 1. The molecular formula is C12H14ClFN2O. The van der Waals surface area contributed by atoms with Gasteiger partial charge < -0.3 is 11.1 Å². The van der Waals surface area contributed by atoms with E-state index in [1.165, 1.54) is 13.0 Å². The summed E-state index contributed by atoms with van der Waals surface area (Å²) in [5, 5.41) is 2.66. The highest BCUT2D eigenvalue weighted by molar-refractivity contribution is 6.32. The maximum absolute atomic E-state index is 13.3. The van der Waals surface area contributed by atoms with Crippen molar-refractivity contribution in [3.05, 3.63) is 34.6 Å². The molecule has 0 radical (unpaired) electrons. The van der Waals surface area contributed by atoms with Gasteiger partial charge in [0.2, 0.25) is 5.91 Å². The van der Waals surface area contributed by atoms with E-state index in [0.29, 0.717) is 18.5 Å². The summed E-state index contributed by atoms with van der Waals surface area (Å²) in [5.41, 5.74) is 5.97. The van der Waals surface area contributed by atoms with Gasteiger partial charge in [-0.25, -0.2) is 4.39 Å². The number of nitrogen functional groups attached to an aromatic ring is 1. The summed E-state index contributed by atoms with van der Waals surface area (Å²) in [5.74, 6) is -0.675. The predicted molar refractivity (Wildman–Crippen MR) is 68.2 cm³/mol. The highest BCUT2D eigenvalue weighted by Gasteiger charge is 2.06. The van der Waals surface area contributed by atoms with Gasteiger partial charge in [0.05, 0.1) is 10.7 Å². The van der Waals surface area contributed by atoms with Crippen LogP contribution in [0.4, 0.5) is 10.1 Å². The van der Waals surface area contributed by atoms with Crippen LogP contribution in [0.2, 0.25) is 5.02 Å². The third kappa shape index (κ3) is 4.07. The van der Waals surface area contributed by atoms with Crippen LogP contribution in [0.15, 0.2) is 18.2 Å². The Kier molecular flexibility index (Phi) is 4.97. The van der Waals surface area contributed by atoms with Gasteiger partial charge in [-0.15, -0.1) is 0 Å². The minimum absolute atomic E-state index is 0.0146. The molecule has 0 saturated carbocycles. The van der Waals surface area contributed by atoms with Crippen molar-refractivity contribution in [1.82, 2.24) is 5.32 Å². The van der Waals surface area contributed by atoms with Gasteiger partial charge in [-0.1, -0.05) is 29.8 Å². The second-order valence-electron chi connectivity index (χ2n) is 3.55. The third-order valence-electron chi connectivity index (χ3n) is 2.12. The van der Waals surface area contributed by atoms with Crippen molar-refractivity contribution in [2.24, 2.45) is 0 Å². The molecule has 3 N–H and O–H groups in total. The average molecular weight is 257 g/mol. The quantitative estimate of drug-likeness (QED) is 0.643. The molecule has 1 aromatic carbocycles. The van der Waals surface area contributed by atoms with Gasteiger partial charge in [0.1, 0.15) is 0 Å². The second-order valence-corrected chi connectivity index (χ2v) is 3.92. The zero-order chi connectivity index (χ0) is 12.8. The van der Waals surface area contributed by atoms with Crippen LogP contribution in [0.5, 0.6) is 0 Å². The molecule has 0 fully saturated rings. The maximum Gasteiger partial charge on any atom is 0.216 e. The van der Waals surface area contributed by atoms with Crippen LogP contribution < -0.4 is 11.1 Å². The molecule has 1 rings (SSSR count). The molecule has 0 unspecified atom stereocenters. The Hall–Kier alpha value is -1.55. The van der Waals surface area contributed by atoms with Crippen LogP contribution in [0, 0.1) is 5.82 Å². The lowest BCUT2D eigenvalue weighted by atomic mass is 10.1. The average Bonchev–Trinajstić information content (AvgIpc) is 2.28. The number of nitrogens with two attached hydrogens (primary N) is 1. The number of carbonyl (C=O) groups is 1. The molecule has 0 heterocycles. The summed E-state index contributed by atoms with van der Waals surface area (Å²) in [6.45, 7) is 2.00. The van der Waals surface area contributed by atoms with Crippen molar-refractivity contribution in [1.29, 1.82) is 0 Å². The number of nitrogens with one attached hydrogen (secondary N) is 1. The minimum Gasteiger partial charge on any atom is -0.396 e. The molecule has 0 atom stereocenters. The Bertz CT molecular complexity index is 446. The fourth-order valence-electron chi connectivity index (χ4n) is 1.25. The first kappa shape index (κ1) is 13.5. The van der Waals surface area contributed by atoms with Gasteiger partial charge in [-0.2, -0.15) is 0 Å². The summed E-state index contributed by atoms with van der Waals surface area (Å²) in [4.78, 5) is 10.6. The Balaban J connectivity index is 2.60. The molecule has 92 valence electrons.